The van der Waals surface area contributed by atoms with Crippen LogP contribution in [0, 0.1) is 0 Å². The summed E-state index contributed by atoms with van der Waals surface area (Å²) in [5.74, 6) is 0.885. The van der Waals surface area contributed by atoms with Gasteiger partial charge in [-0.05, 0) is 25.5 Å². The van der Waals surface area contributed by atoms with E-state index in [1.807, 2.05) is 24.3 Å². The van der Waals surface area contributed by atoms with E-state index in [1.165, 1.54) is 32.1 Å². The number of carbonyl (C=O) groups is 1. The van der Waals surface area contributed by atoms with Crippen LogP contribution in [0.1, 0.15) is 62.7 Å². The van der Waals surface area contributed by atoms with E-state index in [-0.39, 0.29) is 5.78 Å². The molecule has 0 fully saturated rings. The fourth-order valence-electron chi connectivity index (χ4n) is 1.88. The molecule has 0 radical (unpaired) electrons. The van der Waals surface area contributed by atoms with Crippen molar-refractivity contribution in [1.82, 2.24) is 0 Å². The Balaban J connectivity index is 2.19. The van der Waals surface area contributed by atoms with Crippen molar-refractivity contribution < 1.29 is 9.53 Å². The van der Waals surface area contributed by atoms with Crippen LogP contribution < -0.4 is 4.74 Å². The van der Waals surface area contributed by atoms with Crippen molar-refractivity contribution in [2.24, 2.45) is 0 Å². The molecule has 2 heteroatoms. The maximum absolute atomic E-state index is 11.2. The minimum Gasteiger partial charge on any atom is -0.494 e. The van der Waals surface area contributed by atoms with Gasteiger partial charge in [-0.15, -0.1) is 0 Å². The quantitative estimate of drug-likeness (QED) is 0.470. The molecule has 0 heterocycles. The predicted molar refractivity (Wildman–Crippen MR) is 75.3 cm³/mol. The van der Waals surface area contributed by atoms with Crippen molar-refractivity contribution in [2.75, 3.05) is 6.61 Å². The van der Waals surface area contributed by atoms with Crippen molar-refractivity contribution in [1.29, 1.82) is 0 Å². The Kier molecular flexibility index (Phi) is 7.16. The number of hydrogen-bond donors (Lipinski definition) is 0. The van der Waals surface area contributed by atoms with Gasteiger partial charge in [0, 0.05) is 5.56 Å². The van der Waals surface area contributed by atoms with E-state index in [0.717, 1.165) is 24.3 Å². The van der Waals surface area contributed by atoms with E-state index in [1.54, 1.807) is 6.92 Å². The first-order valence-electron chi connectivity index (χ1n) is 6.98. The first kappa shape index (κ1) is 14.7. The molecule has 0 amide bonds. The molecule has 0 saturated heterocycles. The Bertz CT molecular complexity index is 358. The number of unbranched alkanes of at least 4 members (excludes halogenated alkanes) is 5. The fraction of sp³-hybridized carbons (Fsp3) is 0.562. The summed E-state index contributed by atoms with van der Waals surface area (Å²) in [5.41, 5.74) is 0.718. The molecule has 2 nitrogen and oxygen atoms in total. The van der Waals surface area contributed by atoms with Crippen LogP contribution in [0.4, 0.5) is 0 Å². The van der Waals surface area contributed by atoms with E-state index in [9.17, 15) is 4.79 Å². The molecule has 1 aromatic rings. The average molecular weight is 248 g/mol. The zero-order valence-corrected chi connectivity index (χ0v) is 11.6. The number of ketones is 1. The number of hydrogen-bond acceptors (Lipinski definition) is 2. The molecule has 1 rings (SSSR count). The van der Waals surface area contributed by atoms with Gasteiger partial charge < -0.3 is 4.74 Å². The molecule has 1 aromatic carbocycles. The molecule has 18 heavy (non-hydrogen) atoms. The fourth-order valence-corrected chi connectivity index (χ4v) is 1.88. The van der Waals surface area contributed by atoms with Crippen LogP contribution in [0.5, 0.6) is 5.75 Å². The minimum absolute atomic E-state index is 0.0833. The van der Waals surface area contributed by atoms with E-state index in [0.29, 0.717) is 0 Å². The third-order valence-corrected chi connectivity index (χ3v) is 3.01. The van der Waals surface area contributed by atoms with Gasteiger partial charge in [0.1, 0.15) is 5.75 Å². The molecule has 0 spiro atoms. The Morgan fingerprint density at radius 2 is 1.83 bits per heavy atom. The second-order valence-electron chi connectivity index (χ2n) is 4.70. The molecule has 100 valence electrons. The number of ether oxygens (including phenoxy) is 1. The van der Waals surface area contributed by atoms with Gasteiger partial charge >= 0.3 is 0 Å². The van der Waals surface area contributed by atoms with Gasteiger partial charge in [0.25, 0.3) is 0 Å². The smallest absolute Gasteiger partial charge is 0.159 e. The highest BCUT2D eigenvalue weighted by molar-refractivity contribution is 5.94. The Morgan fingerprint density at radius 1 is 1.11 bits per heavy atom. The van der Waals surface area contributed by atoms with Crippen LogP contribution in [0.2, 0.25) is 0 Å². The molecule has 0 saturated carbocycles. The maximum Gasteiger partial charge on any atom is 0.159 e. The van der Waals surface area contributed by atoms with Gasteiger partial charge in [-0.2, -0.15) is 0 Å². The zero-order valence-electron chi connectivity index (χ0n) is 11.6. The van der Waals surface area contributed by atoms with Crippen molar-refractivity contribution in [3.05, 3.63) is 29.8 Å². The molecule has 0 unspecified atom stereocenters. The summed E-state index contributed by atoms with van der Waals surface area (Å²) < 4.78 is 5.65. The van der Waals surface area contributed by atoms with E-state index in [2.05, 4.69) is 6.92 Å². The molecule has 0 aliphatic rings. The van der Waals surface area contributed by atoms with E-state index in [4.69, 9.17) is 4.74 Å². The summed E-state index contributed by atoms with van der Waals surface area (Å²) in [6.07, 6.45) is 7.57. The monoisotopic (exact) mass is 248 g/mol. The van der Waals surface area contributed by atoms with Crippen LogP contribution in [0.15, 0.2) is 24.3 Å². The highest BCUT2D eigenvalue weighted by Crippen LogP contribution is 2.14. The third kappa shape index (κ3) is 5.85. The second kappa shape index (κ2) is 8.73. The number of benzene rings is 1. The van der Waals surface area contributed by atoms with Crippen LogP contribution in [0.25, 0.3) is 0 Å². The Hall–Kier alpha value is -1.31. The number of Topliss-reactive ketones (excluding diaryl/α,β-unsaturated/α-hetero) is 1. The van der Waals surface area contributed by atoms with Crippen LogP contribution in [-0.2, 0) is 0 Å². The summed E-state index contributed by atoms with van der Waals surface area (Å²) >= 11 is 0. The summed E-state index contributed by atoms with van der Waals surface area (Å²) in [6, 6.07) is 7.41. The standard InChI is InChI=1S/C16H24O2/c1-3-4-5-6-7-8-12-18-16-11-9-10-15(13-16)14(2)17/h9-11,13H,3-8,12H2,1-2H3. The average Bonchev–Trinajstić information content (AvgIpc) is 2.38. The number of carbonyl (C=O) groups excluding carboxylic acids is 1. The van der Waals surface area contributed by atoms with Gasteiger partial charge in [-0.1, -0.05) is 51.2 Å². The molecule has 0 N–H and O–H groups in total. The SMILES string of the molecule is CCCCCCCCOc1cccc(C(C)=O)c1. The van der Waals surface area contributed by atoms with Gasteiger partial charge in [-0.25, -0.2) is 0 Å². The van der Waals surface area contributed by atoms with Gasteiger partial charge in [-0.3, -0.25) is 4.79 Å². The van der Waals surface area contributed by atoms with E-state index >= 15 is 0 Å². The van der Waals surface area contributed by atoms with Crippen molar-refractivity contribution in [3.8, 4) is 5.75 Å². The highest BCUT2D eigenvalue weighted by atomic mass is 16.5. The van der Waals surface area contributed by atoms with Crippen LogP contribution in [0.3, 0.4) is 0 Å². The first-order chi connectivity index (χ1) is 8.74. The molecule has 0 bridgehead atoms. The first-order valence-corrected chi connectivity index (χ1v) is 6.98. The summed E-state index contributed by atoms with van der Waals surface area (Å²) in [4.78, 5) is 11.2. The summed E-state index contributed by atoms with van der Waals surface area (Å²) in [7, 11) is 0. The van der Waals surface area contributed by atoms with Crippen molar-refractivity contribution in [3.63, 3.8) is 0 Å². The normalized spacial score (nSPS) is 10.3. The lowest BCUT2D eigenvalue weighted by atomic mass is 10.1. The van der Waals surface area contributed by atoms with Gasteiger partial charge in [0.05, 0.1) is 6.61 Å². The largest absolute Gasteiger partial charge is 0.494 e. The lowest BCUT2D eigenvalue weighted by Gasteiger charge is -2.07. The summed E-state index contributed by atoms with van der Waals surface area (Å²) in [6.45, 7) is 4.55. The number of rotatable bonds is 9. The Morgan fingerprint density at radius 3 is 2.56 bits per heavy atom. The molecule has 0 aliphatic carbocycles. The topological polar surface area (TPSA) is 26.3 Å². The zero-order chi connectivity index (χ0) is 13.2. The molecular weight excluding hydrogens is 224 g/mol. The van der Waals surface area contributed by atoms with Crippen molar-refractivity contribution in [2.45, 2.75) is 52.4 Å². The maximum atomic E-state index is 11.2. The van der Waals surface area contributed by atoms with E-state index < -0.39 is 0 Å². The summed E-state index contributed by atoms with van der Waals surface area (Å²) in [5, 5.41) is 0. The Labute approximate surface area is 110 Å². The lowest BCUT2D eigenvalue weighted by Crippen LogP contribution is -1.99. The van der Waals surface area contributed by atoms with Crippen LogP contribution in [-0.4, -0.2) is 12.4 Å². The van der Waals surface area contributed by atoms with Crippen molar-refractivity contribution >= 4 is 5.78 Å². The minimum atomic E-state index is 0.0833. The predicted octanol–water partition coefficient (Wildman–Crippen LogP) is 4.63. The molecule has 0 aromatic heterocycles. The molecule has 0 aliphatic heterocycles. The molecule has 0 atom stereocenters. The van der Waals surface area contributed by atoms with Crippen LogP contribution >= 0.6 is 0 Å². The second-order valence-corrected chi connectivity index (χ2v) is 4.70. The highest BCUT2D eigenvalue weighted by Gasteiger charge is 2.00. The van der Waals surface area contributed by atoms with Gasteiger partial charge in [0.15, 0.2) is 5.78 Å². The lowest BCUT2D eigenvalue weighted by molar-refractivity contribution is 0.101. The molecular formula is C16H24O2. The third-order valence-electron chi connectivity index (χ3n) is 3.01. The van der Waals surface area contributed by atoms with Gasteiger partial charge in [0.2, 0.25) is 0 Å².